The van der Waals surface area contributed by atoms with Gasteiger partial charge in [-0.1, -0.05) is 12.1 Å². The lowest BCUT2D eigenvalue weighted by Gasteiger charge is -2.14. The van der Waals surface area contributed by atoms with E-state index < -0.39 is 6.04 Å². The fourth-order valence-electron chi connectivity index (χ4n) is 1.35. The molecule has 0 aliphatic heterocycles. The first-order valence-corrected chi connectivity index (χ1v) is 4.23. The number of phenols is 1. The van der Waals surface area contributed by atoms with Crippen molar-refractivity contribution in [3.63, 3.8) is 0 Å². The number of rotatable bonds is 2. The van der Waals surface area contributed by atoms with Crippen LogP contribution in [-0.4, -0.2) is 16.8 Å². The van der Waals surface area contributed by atoms with Crippen molar-refractivity contribution < 1.29 is 10.2 Å². The van der Waals surface area contributed by atoms with Crippen LogP contribution in [0, 0.1) is 13.8 Å². The van der Waals surface area contributed by atoms with Gasteiger partial charge >= 0.3 is 0 Å². The van der Waals surface area contributed by atoms with Crippen LogP contribution in [0.2, 0.25) is 0 Å². The van der Waals surface area contributed by atoms with Gasteiger partial charge < -0.3 is 15.9 Å². The van der Waals surface area contributed by atoms with E-state index in [1.54, 1.807) is 13.0 Å². The second-order valence-electron chi connectivity index (χ2n) is 3.23. The van der Waals surface area contributed by atoms with Crippen molar-refractivity contribution >= 4 is 0 Å². The molecule has 72 valence electrons. The minimum Gasteiger partial charge on any atom is -0.507 e. The minimum absolute atomic E-state index is 0.108. The van der Waals surface area contributed by atoms with Crippen molar-refractivity contribution in [2.75, 3.05) is 6.61 Å². The predicted octanol–water partition coefficient (Wildman–Crippen LogP) is 1.00. The molecule has 0 amide bonds. The fourth-order valence-corrected chi connectivity index (χ4v) is 1.35. The maximum Gasteiger partial charge on any atom is 0.121 e. The van der Waals surface area contributed by atoms with E-state index in [0.717, 1.165) is 16.7 Å². The van der Waals surface area contributed by atoms with Gasteiger partial charge in [0.25, 0.3) is 0 Å². The van der Waals surface area contributed by atoms with Gasteiger partial charge in [0.15, 0.2) is 0 Å². The molecule has 0 aromatic heterocycles. The van der Waals surface area contributed by atoms with E-state index in [2.05, 4.69) is 0 Å². The molecule has 0 fully saturated rings. The van der Waals surface area contributed by atoms with Crippen LogP contribution < -0.4 is 5.73 Å². The second kappa shape index (κ2) is 3.77. The SMILES string of the molecule is Cc1ccc(C(N)CO)c(C)c1O. The monoisotopic (exact) mass is 181 g/mol. The van der Waals surface area contributed by atoms with E-state index in [9.17, 15) is 5.11 Å². The Kier molecular flexibility index (Phi) is 2.90. The number of aromatic hydroxyl groups is 1. The van der Waals surface area contributed by atoms with Crippen LogP contribution in [0.1, 0.15) is 22.7 Å². The zero-order valence-corrected chi connectivity index (χ0v) is 7.91. The molecule has 3 nitrogen and oxygen atoms in total. The van der Waals surface area contributed by atoms with Gasteiger partial charge in [-0.3, -0.25) is 0 Å². The van der Waals surface area contributed by atoms with Crippen molar-refractivity contribution in [3.8, 4) is 5.75 Å². The van der Waals surface area contributed by atoms with Gasteiger partial charge in [-0.15, -0.1) is 0 Å². The van der Waals surface area contributed by atoms with Crippen molar-refractivity contribution in [3.05, 3.63) is 28.8 Å². The Morgan fingerprint density at radius 1 is 1.38 bits per heavy atom. The Bertz CT molecular complexity index is 310. The standard InChI is InChI=1S/C10H15NO2/c1-6-3-4-8(9(11)5-12)7(2)10(6)13/h3-4,9,12-13H,5,11H2,1-2H3. The van der Waals surface area contributed by atoms with Gasteiger partial charge in [-0.2, -0.15) is 0 Å². The topological polar surface area (TPSA) is 66.5 Å². The first kappa shape index (κ1) is 10.0. The number of hydrogen-bond donors (Lipinski definition) is 3. The van der Waals surface area contributed by atoms with Crippen LogP contribution in [0.15, 0.2) is 12.1 Å². The summed E-state index contributed by atoms with van der Waals surface area (Å²) >= 11 is 0. The molecule has 4 N–H and O–H groups in total. The molecule has 1 atom stereocenters. The number of phenolic OH excluding ortho intramolecular Hbond substituents is 1. The van der Waals surface area contributed by atoms with Crippen LogP contribution in [0.25, 0.3) is 0 Å². The third kappa shape index (κ3) is 1.82. The molecule has 0 radical (unpaired) electrons. The molecule has 0 aliphatic carbocycles. The maximum atomic E-state index is 9.59. The van der Waals surface area contributed by atoms with Gasteiger partial charge in [0, 0.05) is 0 Å². The molecule has 0 aliphatic rings. The molecular weight excluding hydrogens is 166 g/mol. The maximum absolute atomic E-state index is 9.59. The van der Waals surface area contributed by atoms with Crippen LogP contribution >= 0.6 is 0 Å². The van der Waals surface area contributed by atoms with E-state index in [1.807, 2.05) is 13.0 Å². The molecule has 0 saturated carbocycles. The van der Waals surface area contributed by atoms with Gasteiger partial charge in [0.05, 0.1) is 12.6 Å². The molecule has 1 aromatic carbocycles. The zero-order valence-electron chi connectivity index (χ0n) is 7.91. The Morgan fingerprint density at radius 3 is 2.54 bits per heavy atom. The average molecular weight is 181 g/mol. The Balaban J connectivity index is 3.18. The molecule has 0 spiro atoms. The van der Waals surface area contributed by atoms with Crippen LogP contribution in [0.5, 0.6) is 5.75 Å². The van der Waals surface area contributed by atoms with Gasteiger partial charge in [-0.05, 0) is 30.5 Å². The minimum atomic E-state index is -0.411. The van der Waals surface area contributed by atoms with E-state index in [1.165, 1.54) is 0 Å². The van der Waals surface area contributed by atoms with Crippen molar-refractivity contribution in [2.45, 2.75) is 19.9 Å². The highest BCUT2D eigenvalue weighted by Gasteiger charge is 2.11. The number of nitrogens with two attached hydrogens (primary N) is 1. The molecule has 3 heteroatoms. The molecule has 13 heavy (non-hydrogen) atoms. The summed E-state index contributed by atoms with van der Waals surface area (Å²) in [5, 5.41) is 18.5. The molecule has 1 unspecified atom stereocenters. The number of aliphatic hydroxyl groups is 1. The first-order chi connectivity index (χ1) is 6.07. The smallest absolute Gasteiger partial charge is 0.121 e. The number of aliphatic hydroxyl groups excluding tert-OH is 1. The predicted molar refractivity (Wildman–Crippen MR) is 51.6 cm³/mol. The summed E-state index contributed by atoms with van der Waals surface area (Å²) in [7, 11) is 0. The van der Waals surface area contributed by atoms with E-state index in [4.69, 9.17) is 10.8 Å². The molecule has 0 bridgehead atoms. The normalized spacial score (nSPS) is 12.9. The Labute approximate surface area is 77.8 Å². The highest BCUT2D eigenvalue weighted by atomic mass is 16.3. The lowest BCUT2D eigenvalue weighted by molar-refractivity contribution is 0.267. The van der Waals surface area contributed by atoms with Crippen LogP contribution in [0.4, 0.5) is 0 Å². The molecule has 1 aromatic rings. The van der Waals surface area contributed by atoms with Gasteiger partial charge in [-0.25, -0.2) is 0 Å². The van der Waals surface area contributed by atoms with Crippen molar-refractivity contribution in [1.29, 1.82) is 0 Å². The summed E-state index contributed by atoms with van der Waals surface area (Å²) < 4.78 is 0. The highest BCUT2D eigenvalue weighted by Crippen LogP contribution is 2.27. The fraction of sp³-hybridized carbons (Fsp3) is 0.400. The Hall–Kier alpha value is -1.06. The third-order valence-electron chi connectivity index (χ3n) is 2.27. The van der Waals surface area contributed by atoms with E-state index in [0.29, 0.717) is 0 Å². The lowest BCUT2D eigenvalue weighted by Crippen LogP contribution is -2.15. The zero-order chi connectivity index (χ0) is 10.0. The summed E-state index contributed by atoms with van der Waals surface area (Å²) in [5.74, 6) is 0.265. The molecule has 0 heterocycles. The average Bonchev–Trinajstić information content (AvgIpc) is 2.13. The van der Waals surface area contributed by atoms with Gasteiger partial charge in [0.2, 0.25) is 0 Å². The lowest BCUT2D eigenvalue weighted by atomic mass is 9.99. The number of benzene rings is 1. The molecular formula is C10H15NO2. The van der Waals surface area contributed by atoms with E-state index >= 15 is 0 Å². The summed E-state index contributed by atoms with van der Waals surface area (Å²) in [6, 6.07) is 3.23. The first-order valence-electron chi connectivity index (χ1n) is 4.23. The number of aryl methyl sites for hydroxylation is 1. The molecule has 1 rings (SSSR count). The van der Waals surface area contributed by atoms with Crippen LogP contribution in [0.3, 0.4) is 0 Å². The summed E-state index contributed by atoms with van der Waals surface area (Å²) in [4.78, 5) is 0. The molecule has 0 saturated heterocycles. The second-order valence-corrected chi connectivity index (χ2v) is 3.23. The summed E-state index contributed by atoms with van der Waals surface area (Å²) in [6.07, 6.45) is 0. The summed E-state index contributed by atoms with van der Waals surface area (Å²) in [5.41, 5.74) is 8.03. The third-order valence-corrected chi connectivity index (χ3v) is 2.27. The highest BCUT2D eigenvalue weighted by molar-refractivity contribution is 5.45. The quantitative estimate of drug-likeness (QED) is 0.637. The van der Waals surface area contributed by atoms with Gasteiger partial charge in [0.1, 0.15) is 5.75 Å². The largest absolute Gasteiger partial charge is 0.507 e. The summed E-state index contributed by atoms with van der Waals surface area (Å²) in [6.45, 7) is 3.52. The van der Waals surface area contributed by atoms with Crippen molar-refractivity contribution in [2.24, 2.45) is 5.73 Å². The Morgan fingerprint density at radius 2 is 2.00 bits per heavy atom. The number of hydrogen-bond acceptors (Lipinski definition) is 3. The van der Waals surface area contributed by atoms with Crippen molar-refractivity contribution in [1.82, 2.24) is 0 Å². The van der Waals surface area contributed by atoms with E-state index in [-0.39, 0.29) is 12.4 Å². The van der Waals surface area contributed by atoms with Crippen LogP contribution in [-0.2, 0) is 0 Å².